The monoisotopic (exact) mass is 473 g/mol. The van der Waals surface area contributed by atoms with Crippen molar-refractivity contribution in [2.24, 2.45) is 5.73 Å². The van der Waals surface area contributed by atoms with Crippen LogP contribution >= 0.6 is 34.8 Å². The molecular formula is C23H22Cl3N5. The van der Waals surface area contributed by atoms with Crippen molar-refractivity contribution < 1.29 is 0 Å². The van der Waals surface area contributed by atoms with Crippen LogP contribution in [0.4, 0.5) is 11.4 Å². The average molecular weight is 475 g/mol. The standard InChI is InChI=1S/C23H22Cl3N5/c1-2-13-9-16-17-10-14(24)3-6-21(17)31(8-7-29-23(27)28)22(16)12-20(13)30-15-4-5-18(25)19(26)11-15/h3-6,9-12,30H,2,7-8H2,1H3,(H4,27,28,29). The van der Waals surface area contributed by atoms with Crippen LogP contribution in [0.25, 0.3) is 21.8 Å². The molecule has 0 atom stereocenters. The highest BCUT2D eigenvalue weighted by atomic mass is 35.5. The smallest absolute Gasteiger partial charge is 0.185 e. The summed E-state index contributed by atoms with van der Waals surface area (Å²) in [4.78, 5) is 0. The second-order valence-electron chi connectivity index (χ2n) is 7.29. The van der Waals surface area contributed by atoms with Crippen LogP contribution in [0.5, 0.6) is 0 Å². The quantitative estimate of drug-likeness (QED) is 0.189. The Morgan fingerprint density at radius 2 is 1.74 bits per heavy atom. The number of halogens is 3. The van der Waals surface area contributed by atoms with E-state index in [-0.39, 0.29) is 5.96 Å². The SMILES string of the molecule is CCc1cc2c3cc(Cl)ccc3n(CCNC(=N)N)c2cc1Nc1ccc(Cl)c(Cl)c1. The minimum atomic E-state index is -0.0425. The zero-order valence-electron chi connectivity index (χ0n) is 16.9. The first-order valence-corrected chi connectivity index (χ1v) is 11.0. The van der Waals surface area contributed by atoms with E-state index in [0.29, 0.717) is 28.2 Å². The number of nitrogens with one attached hydrogen (secondary N) is 3. The first kappa shape index (κ1) is 21.6. The Labute approximate surface area is 195 Å². The van der Waals surface area contributed by atoms with Crippen LogP contribution in [-0.4, -0.2) is 17.1 Å². The largest absolute Gasteiger partial charge is 0.370 e. The molecule has 0 amide bonds. The van der Waals surface area contributed by atoms with E-state index >= 15 is 0 Å². The van der Waals surface area contributed by atoms with Gasteiger partial charge in [0.25, 0.3) is 0 Å². The maximum Gasteiger partial charge on any atom is 0.185 e. The molecule has 1 aromatic heterocycles. The normalized spacial score (nSPS) is 11.2. The number of fused-ring (bicyclic) bond motifs is 3. The number of hydrogen-bond donors (Lipinski definition) is 4. The number of aromatic nitrogens is 1. The third-order valence-electron chi connectivity index (χ3n) is 5.28. The Bertz CT molecular complexity index is 1300. The van der Waals surface area contributed by atoms with Crippen LogP contribution in [-0.2, 0) is 13.0 Å². The summed E-state index contributed by atoms with van der Waals surface area (Å²) >= 11 is 18.6. The lowest BCUT2D eigenvalue weighted by molar-refractivity contribution is 0.709. The fourth-order valence-electron chi connectivity index (χ4n) is 3.84. The zero-order chi connectivity index (χ0) is 22.1. The molecular weight excluding hydrogens is 453 g/mol. The van der Waals surface area contributed by atoms with Crippen molar-refractivity contribution in [3.8, 4) is 0 Å². The molecule has 1 heterocycles. The van der Waals surface area contributed by atoms with Gasteiger partial charge >= 0.3 is 0 Å². The molecule has 5 nitrogen and oxygen atoms in total. The lowest BCUT2D eigenvalue weighted by Crippen LogP contribution is -2.32. The summed E-state index contributed by atoms with van der Waals surface area (Å²) in [5.41, 5.74) is 10.7. The van der Waals surface area contributed by atoms with Crippen molar-refractivity contribution in [1.82, 2.24) is 9.88 Å². The predicted octanol–water partition coefficient (Wildman–Crippen LogP) is 6.54. The maximum atomic E-state index is 7.43. The number of hydrogen-bond acceptors (Lipinski definition) is 2. The summed E-state index contributed by atoms with van der Waals surface area (Å²) in [7, 11) is 0. The van der Waals surface area contributed by atoms with Gasteiger partial charge in [0.1, 0.15) is 0 Å². The van der Waals surface area contributed by atoms with Crippen molar-refractivity contribution >= 4 is 73.9 Å². The lowest BCUT2D eigenvalue weighted by atomic mass is 10.0. The van der Waals surface area contributed by atoms with Crippen LogP contribution in [0, 0.1) is 5.41 Å². The van der Waals surface area contributed by atoms with Gasteiger partial charge in [0, 0.05) is 45.8 Å². The van der Waals surface area contributed by atoms with Gasteiger partial charge in [-0.1, -0.05) is 41.7 Å². The zero-order valence-corrected chi connectivity index (χ0v) is 19.2. The average Bonchev–Trinajstić information content (AvgIpc) is 3.02. The number of anilines is 2. The van der Waals surface area contributed by atoms with E-state index in [0.717, 1.165) is 39.6 Å². The minimum Gasteiger partial charge on any atom is -0.370 e. The van der Waals surface area contributed by atoms with Crippen molar-refractivity contribution in [1.29, 1.82) is 5.41 Å². The molecule has 31 heavy (non-hydrogen) atoms. The molecule has 160 valence electrons. The molecule has 0 saturated heterocycles. The van der Waals surface area contributed by atoms with Gasteiger partial charge in [-0.2, -0.15) is 0 Å². The van der Waals surface area contributed by atoms with Crippen molar-refractivity contribution in [3.05, 3.63) is 69.2 Å². The van der Waals surface area contributed by atoms with Crippen molar-refractivity contribution in [3.63, 3.8) is 0 Å². The summed E-state index contributed by atoms with van der Waals surface area (Å²) in [6.45, 7) is 3.32. The fourth-order valence-corrected chi connectivity index (χ4v) is 4.31. The Hall–Kier alpha value is -2.60. The lowest BCUT2D eigenvalue weighted by Gasteiger charge is -2.14. The number of aryl methyl sites for hydroxylation is 1. The van der Waals surface area contributed by atoms with Crippen molar-refractivity contribution in [2.45, 2.75) is 19.9 Å². The molecule has 0 unspecified atom stereocenters. The number of guanidine groups is 1. The summed E-state index contributed by atoms with van der Waals surface area (Å²) < 4.78 is 2.22. The molecule has 0 radical (unpaired) electrons. The van der Waals surface area contributed by atoms with E-state index < -0.39 is 0 Å². The molecule has 0 aliphatic carbocycles. The Kier molecular flexibility index (Phi) is 6.19. The summed E-state index contributed by atoms with van der Waals surface area (Å²) in [5, 5.41) is 17.8. The number of rotatable bonds is 6. The Morgan fingerprint density at radius 3 is 2.45 bits per heavy atom. The number of nitrogens with zero attached hydrogens (tertiary/aromatic N) is 1. The molecule has 3 aromatic carbocycles. The molecule has 0 aliphatic heterocycles. The van der Waals surface area contributed by atoms with Crippen LogP contribution in [0.3, 0.4) is 0 Å². The predicted molar refractivity (Wildman–Crippen MR) is 133 cm³/mol. The van der Waals surface area contributed by atoms with Crippen LogP contribution in [0.15, 0.2) is 48.5 Å². The molecule has 0 fully saturated rings. The number of benzene rings is 3. The Morgan fingerprint density at radius 1 is 0.968 bits per heavy atom. The highest BCUT2D eigenvalue weighted by Gasteiger charge is 2.15. The summed E-state index contributed by atoms with van der Waals surface area (Å²) in [5.74, 6) is -0.0425. The van der Waals surface area contributed by atoms with Gasteiger partial charge in [-0.3, -0.25) is 5.41 Å². The molecule has 4 aromatic rings. The van der Waals surface area contributed by atoms with E-state index in [1.165, 1.54) is 5.56 Å². The van der Waals surface area contributed by atoms with Gasteiger partial charge in [-0.15, -0.1) is 0 Å². The van der Waals surface area contributed by atoms with E-state index in [4.69, 9.17) is 45.9 Å². The topological polar surface area (TPSA) is 78.9 Å². The molecule has 5 N–H and O–H groups in total. The van der Waals surface area contributed by atoms with Gasteiger partial charge < -0.3 is 20.9 Å². The molecule has 0 spiro atoms. The molecule has 0 bridgehead atoms. The van der Waals surface area contributed by atoms with E-state index in [9.17, 15) is 0 Å². The molecule has 0 aliphatic rings. The van der Waals surface area contributed by atoms with Crippen molar-refractivity contribution in [2.75, 3.05) is 11.9 Å². The summed E-state index contributed by atoms with van der Waals surface area (Å²) in [6, 6.07) is 15.8. The third-order valence-corrected chi connectivity index (χ3v) is 6.26. The van der Waals surface area contributed by atoms with Crippen LogP contribution in [0.1, 0.15) is 12.5 Å². The van der Waals surface area contributed by atoms with Gasteiger partial charge in [0.15, 0.2) is 5.96 Å². The Balaban J connectivity index is 1.86. The van der Waals surface area contributed by atoms with E-state index in [1.54, 1.807) is 6.07 Å². The maximum absolute atomic E-state index is 7.43. The first-order valence-electron chi connectivity index (χ1n) is 9.91. The minimum absolute atomic E-state index is 0.0425. The highest BCUT2D eigenvalue weighted by molar-refractivity contribution is 6.42. The summed E-state index contributed by atoms with van der Waals surface area (Å²) in [6.07, 6.45) is 0.860. The van der Waals surface area contributed by atoms with Gasteiger partial charge in [0.05, 0.1) is 15.6 Å². The second-order valence-corrected chi connectivity index (χ2v) is 8.54. The highest BCUT2D eigenvalue weighted by Crippen LogP contribution is 2.36. The number of nitrogens with two attached hydrogens (primary N) is 1. The van der Waals surface area contributed by atoms with Crippen LogP contribution < -0.4 is 16.4 Å². The fraction of sp³-hybridized carbons (Fsp3) is 0.174. The first-order chi connectivity index (χ1) is 14.9. The molecule has 4 rings (SSSR count). The van der Waals surface area contributed by atoms with E-state index in [1.807, 2.05) is 30.3 Å². The van der Waals surface area contributed by atoms with Gasteiger partial charge in [-0.05, 0) is 60.5 Å². The van der Waals surface area contributed by atoms with Gasteiger partial charge in [0.2, 0.25) is 0 Å². The second kappa shape index (κ2) is 8.87. The van der Waals surface area contributed by atoms with Gasteiger partial charge in [-0.25, -0.2) is 0 Å². The van der Waals surface area contributed by atoms with E-state index in [2.05, 4.69) is 34.3 Å². The molecule has 8 heteroatoms. The van der Waals surface area contributed by atoms with Crippen LogP contribution in [0.2, 0.25) is 15.1 Å². The molecule has 0 saturated carbocycles. The third kappa shape index (κ3) is 4.40.